The highest BCUT2D eigenvalue weighted by atomic mass is 32.1. The number of hydrogen-bond acceptors (Lipinski definition) is 4. The lowest BCUT2D eigenvalue weighted by Gasteiger charge is -2.12. The predicted molar refractivity (Wildman–Crippen MR) is 168 cm³/mol. The first-order valence-electron chi connectivity index (χ1n) is 12.9. The van der Waals surface area contributed by atoms with Gasteiger partial charge in [0.1, 0.15) is 0 Å². The summed E-state index contributed by atoms with van der Waals surface area (Å²) in [4.78, 5) is 10.5. The molecule has 5 aromatic carbocycles. The van der Waals surface area contributed by atoms with E-state index in [2.05, 4.69) is 120 Å². The number of benzene rings is 5. The van der Waals surface area contributed by atoms with Crippen molar-refractivity contribution in [2.75, 3.05) is 0 Å². The molecule has 9 rings (SSSR count). The fraction of sp³-hybridized carbons (Fsp3) is 0. The normalized spacial score (nSPS) is 12.1. The molecule has 0 aliphatic rings. The number of hydrogen-bond donors (Lipinski definition) is 0. The first-order valence-corrected chi connectivity index (χ1v) is 14.6. The predicted octanol–water partition coefficient (Wildman–Crippen LogP) is 9.98. The molecular weight excluding hydrogens is 515 g/mol. The van der Waals surface area contributed by atoms with Gasteiger partial charge in [0, 0.05) is 26.4 Å². The SMILES string of the molecule is c1ccc2cc(-c3nc(-n4c5ccccc5c5sc6c7ccccc7sc6c54)nc4ccccc34)ccc2c1. The first kappa shape index (κ1) is 21.4. The van der Waals surface area contributed by atoms with Crippen molar-refractivity contribution >= 4 is 85.0 Å². The standard InChI is InChI=1S/C34H19N3S2/c1-2-10-21-19-22(18-17-20(21)9-1)29-23-11-3-6-14-26(23)35-34(36-29)37-27-15-7-4-12-24(27)31-30(37)33-32(39-31)25-13-5-8-16-28(25)38-33/h1-19H. The summed E-state index contributed by atoms with van der Waals surface area (Å²) in [6, 6.07) is 40.8. The second-order valence-electron chi connectivity index (χ2n) is 9.84. The van der Waals surface area contributed by atoms with Gasteiger partial charge >= 0.3 is 0 Å². The Hall–Kier alpha value is -4.58. The number of nitrogens with zero attached hydrogens (tertiary/aromatic N) is 3. The monoisotopic (exact) mass is 533 g/mol. The number of fused-ring (bicyclic) bond motifs is 9. The number of aromatic nitrogens is 3. The Kier molecular flexibility index (Phi) is 4.36. The summed E-state index contributed by atoms with van der Waals surface area (Å²) in [7, 11) is 0. The van der Waals surface area contributed by atoms with Crippen LogP contribution in [0.3, 0.4) is 0 Å². The van der Waals surface area contributed by atoms with Gasteiger partial charge in [0.05, 0.1) is 36.3 Å². The maximum atomic E-state index is 5.32. The first-order chi connectivity index (χ1) is 19.3. The van der Waals surface area contributed by atoms with Crippen LogP contribution in [0.4, 0.5) is 0 Å². The highest BCUT2D eigenvalue weighted by Gasteiger charge is 2.22. The molecule has 182 valence electrons. The summed E-state index contributed by atoms with van der Waals surface area (Å²) in [6.45, 7) is 0. The molecule has 0 aliphatic heterocycles. The number of para-hydroxylation sites is 2. The maximum absolute atomic E-state index is 5.32. The summed E-state index contributed by atoms with van der Waals surface area (Å²) < 4.78 is 7.54. The van der Waals surface area contributed by atoms with E-state index in [1.54, 1.807) is 0 Å². The lowest BCUT2D eigenvalue weighted by Crippen LogP contribution is -2.03. The molecule has 9 aromatic rings. The van der Waals surface area contributed by atoms with Gasteiger partial charge < -0.3 is 0 Å². The van der Waals surface area contributed by atoms with E-state index >= 15 is 0 Å². The molecule has 0 fully saturated rings. The molecule has 0 N–H and O–H groups in total. The second-order valence-corrected chi connectivity index (χ2v) is 11.9. The van der Waals surface area contributed by atoms with E-state index in [-0.39, 0.29) is 0 Å². The van der Waals surface area contributed by atoms with Crippen LogP contribution in [-0.2, 0) is 0 Å². The maximum Gasteiger partial charge on any atom is 0.235 e. The highest BCUT2D eigenvalue weighted by molar-refractivity contribution is 7.37. The summed E-state index contributed by atoms with van der Waals surface area (Å²) in [5, 5.41) is 6.06. The molecule has 0 unspecified atom stereocenters. The summed E-state index contributed by atoms with van der Waals surface area (Å²) in [5.41, 5.74) is 5.34. The molecular formula is C34H19N3S2. The molecule has 4 heterocycles. The van der Waals surface area contributed by atoms with Crippen LogP contribution in [0.15, 0.2) is 115 Å². The van der Waals surface area contributed by atoms with Crippen LogP contribution in [0.5, 0.6) is 0 Å². The van der Waals surface area contributed by atoms with Crippen LogP contribution in [0, 0.1) is 0 Å². The molecule has 5 heteroatoms. The van der Waals surface area contributed by atoms with Gasteiger partial charge in [-0.15, -0.1) is 22.7 Å². The fourth-order valence-electron chi connectivity index (χ4n) is 5.83. The summed E-state index contributed by atoms with van der Waals surface area (Å²) >= 11 is 3.74. The van der Waals surface area contributed by atoms with Gasteiger partial charge in [-0.05, 0) is 35.0 Å². The third kappa shape index (κ3) is 3.03. The zero-order valence-electron chi connectivity index (χ0n) is 20.6. The fourth-order valence-corrected chi connectivity index (χ4v) is 8.60. The van der Waals surface area contributed by atoms with Gasteiger partial charge in [-0.2, -0.15) is 0 Å². The third-order valence-corrected chi connectivity index (χ3v) is 10.2. The zero-order valence-corrected chi connectivity index (χ0v) is 22.3. The molecule has 3 nitrogen and oxygen atoms in total. The van der Waals surface area contributed by atoms with Gasteiger partial charge in [0.25, 0.3) is 0 Å². The van der Waals surface area contributed by atoms with Crippen molar-refractivity contribution in [2.45, 2.75) is 0 Å². The van der Waals surface area contributed by atoms with Crippen LogP contribution in [-0.4, -0.2) is 14.5 Å². The van der Waals surface area contributed by atoms with E-state index in [1.165, 1.54) is 45.9 Å². The van der Waals surface area contributed by atoms with E-state index in [9.17, 15) is 0 Å². The number of rotatable bonds is 2. The van der Waals surface area contributed by atoms with Crippen LogP contribution in [0.25, 0.3) is 79.5 Å². The van der Waals surface area contributed by atoms with Gasteiger partial charge in [-0.25, -0.2) is 9.97 Å². The topological polar surface area (TPSA) is 30.7 Å². The second kappa shape index (κ2) is 7.96. The van der Waals surface area contributed by atoms with Crippen molar-refractivity contribution in [1.82, 2.24) is 14.5 Å². The molecule has 0 atom stereocenters. The van der Waals surface area contributed by atoms with Crippen LogP contribution < -0.4 is 0 Å². The zero-order chi connectivity index (χ0) is 25.5. The molecule has 0 saturated carbocycles. The molecule has 0 radical (unpaired) electrons. The summed E-state index contributed by atoms with van der Waals surface area (Å²) in [6.07, 6.45) is 0. The van der Waals surface area contributed by atoms with Crippen molar-refractivity contribution < 1.29 is 0 Å². The van der Waals surface area contributed by atoms with Crippen LogP contribution >= 0.6 is 22.7 Å². The Bertz CT molecular complexity index is 2410. The lowest BCUT2D eigenvalue weighted by atomic mass is 10.0. The Labute approximate surface area is 231 Å². The average Bonchev–Trinajstić information content (AvgIpc) is 3.64. The molecule has 0 bridgehead atoms. The van der Waals surface area contributed by atoms with Crippen LogP contribution in [0.2, 0.25) is 0 Å². The van der Waals surface area contributed by atoms with Gasteiger partial charge in [-0.1, -0.05) is 91.0 Å². The molecule has 0 amide bonds. The third-order valence-electron chi connectivity index (χ3n) is 7.61. The Balaban J connectivity index is 1.41. The van der Waals surface area contributed by atoms with E-state index in [0.717, 1.165) is 27.7 Å². The van der Waals surface area contributed by atoms with E-state index in [0.29, 0.717) is 5.95 Å². The summed E-state index contributed by atoms with van der Waals surface area (Å²) in [5.74, 6) is 0.709. The Morgan fingerprint density at radius 3 is 2.21 bits per heavy atom. The highest BCUT2D eigenvalue weighted by Crippen LogP contribution is 2.48. The lowest BCUT2D eigenvalue weighted by molar-refractivity contribution is 1.02. The molecule has 0 saturated heterocycles. The smallest absolute Gasteiger partial charge is 0.235 e. The van der Waals surface area contributed by atoms with Crippen molar-refractivity contribution in [1.29, 1.82) is 0 Å². The quantitative estimate of drug-likeness (QED) is 0.221. The minimum Gasteiger partial charge on any atom is -0.276 e. The van der Waals surface area contributed by atoms with Gasteiger partial charge in [0.2, 0.25) is 5.95 Å². The van der Waals surface area contributed by atoms with Gasteiger partial charge in [0.15, 0.2) is 0 Å². The van der Waals surface area contributed by atoms with Crippen LogP contribution in [0.1, 0.15) is 0 Å². The van der Waals surface area contributed by atoms with Crippen molar-refractivity contribution in [2.24, 2.45) is 0 Å². The molecule has 4 aromatic heterocycles. The Morgan fingerprint density at radius 1 is 0.538 bits per heavy atom. The molecule has 0 aliphatic carbocycles. The van der Waals surface area contributed by atoms with Crippen molar-refractivity contribution in [3.05, 3.63) is 115 Å². The molecule has 0 spiro atoms. The van der Waals surface area contributed by atoms with Crippen molar-refractivity contribution in [3.63, 3.8) is 0 Å². The molecule has 39 heavy (non-hydrogen) atoms. The number of thiophene rings is 2. The minimum absolute atomic E-state index is 0.709. The average molecular weight is 534 g/mol. The largest absolute Gasteiger partial charge is 0.276 e. The Morgan fingerprint density at radius 2 is 1.28 bits per heavy atom. The van der Waals surface area contributed by atoms with Gasteiger partial charge in [-0.3, -0.25) is 4.57 Å². The van der Waals surface area contributed by atoms with E-state index in [4.69, 9.17) is 9.97 Å². The minimum atomic E-state index is 0.709. The van der Waals surface area contributed by atoms with E-state index < -0.39 is 0 Å². The van der Waals surface area contributed by atoms with E-state index in [1.807, 2.05) is 22.7 Å². The van der Waals surface area contributed by atoms with Crippen molar-refractivity contribution in [3.8, 4) is 17.2 Å².